The van der Waals surface area contributed by atoms with Crippen LogP contribution in [0.1, 0.15) is 54.2 Å². The van der Waals surface area contributed by atoms with Crippen molar-refractivity contribution in [3.8, 4) is 11.8 Å². The van der Waals surface area contributed by atoms with Gasteiger partial charge in [-0.3, -0.25) is 4.79 Å². The average molecular weight is 502 g/mol. The van der Waals surface area contributed by atoms with Gasteiger partial charge in [-0.05, 0) is 81.3 Å². The van der Waals surface area contributed by atoms with Crippen LogP contribution in [0.25, 0.3) is 0 Å². The zero-order valence-electron chi connectivity index (χ0n) is 21.1. The van der Waals surface area contributed by atoms with Crippen LogP contribution in [-0.2, 0) is 4.74 Å². The van der Waals surface area contributed by atoms with Crippen molar-refractivity contribution >= 4 is 11.6 Å². The third-order valence-corrected chi connectivity index (χ3v) is 7.11. The number of carbonyl (C=O) groups excluding carboxylic acids is 1. The van der Waals surface area contributed by atoms with Gasteiger partial charge in [0.2, 0.25) is 0 Å². The molecule has 2 fully saturated rings. The van der Waals surface area contributed by atoms with Crippen LogP contribution in [0.2, 0.25) is 0 Å². The summed E-state index contributed by atoms with van der Waals surface area (Å²) in [5, 5.41) is 13.9. The highest BCUT2D eigenvalue weighted by atomic mass is 19.1. The molecule has 1 saturated carbocycles. The molecule has 1 aliphatic carbocycles. The smallest absolute Gasteiger partial charge is 0.251 e. The molecule has 0 bridgehead atoms. The lowest BCUT2D eigenvalue weighted by Crippen LogP contribution is -2.45. The molecule has 7 heteroatoms. The summed E-state index contributed by atoms with van der Waals surface area (Å²) in [6, 6.07) is 15.1. The van der Waals surface area contributed by atoms with Crippen LogP contribution < -0.4 is 10.2 Å². The molecule has 6 nitrogen and oxygen atoms in total. The maximum Gasteiger partial charge on any atom is 0.251 e. The quantitative estimate of drug-likeness (QED) is 0.528. The average Bonchev–Trinajstić information content (AvgIpc) is 3.53. The van der Waals surface area contributed by atoms with E-state index < -0.39 is 6.10 Å². The largest absolute Gasteiger partial charge is 0.389 e. The number of carbonyl (C=O) groups is 1. The Morgan fingerprint density at radius 2 is 1.73 bits per heavy atom. The molecule has 1 amide bonds. The van der Waals surface area contributed by atoms with Crippen molar-refractivity contribution in [1.29, 1.82) is 0 Å². The summed E-state index contributed by atoms with van der Waals surface area (Å²) in [5.41, 5.74) is 2.83. The zero-order chi connectivity index (χ0) is 25.9. The molecule has 0 unspecified atom stereocenters. The van der Waals surface area contributed by atoms with E-state index in [4.69, 9.17) is 4.74 Å². The molecule has 0 spiro atoms. The number of nitrogens with zero attached hydrogens (tertiary/aromatic N) is 2. The number of morpholine rings is 1. The van der Waals surface area contributed by atoms with E-state index in [1.165, 1.54) is 12.1 Å². The highest BCUT2D eigenvalue weighted by Crippen LogP contribution is 2.31. The number of benzene rings is 2. The predicted molar refractivity (Wildman–Crippen MR) is 141 cm³/mol. The minimum absolute atomic E-state index is 0.0508. The number of aliphatic hydroxyl groups excluding tert-OH is 1. The highest BCUT2D eigenvalue weighted by Gasteiger charge is 2.36. The van der Waals surface area contributed by atoms with Gasteiger partial charge in [-0.25, -0.2) is 4.39 Å². The normalized spacial score (nSPS) is 25.4. The van der Waals surface area contributed by atoms with E-state index in [9.17, 15) is 14.3 Å². The van der Waals surface area contributed by atoms with Crippen LogP contribution in [0.15, 0.2) is 67.0 Å². The lowest BCUT2D eigenvalue weighted by molar-refractivity contribution is -0.00523. The summed E-state index contributed by atoms with van der Waals surface area (Å²) in [6.45, 7) is 5.52. The van der Waals surface area contributed by atoms with Crippen molar-refractivity contribution in [3.05, 3.63) is 89.5 Å². The molecule has 3 aromatic rings. The first-order valence-corrected chi connectivity index (χ1v) is 12.8. The van der Waals surface area contributed by atoms with E-state index in [1.54, 1.807) is 18.2 Å². The van der Waals surface area contributed by atoms with Gasteiger partial charge in [0.15, 0.2) is 0 Å². The third-order valence-electron chi connectivity index (χ3n) is 7.11. The Bertz CT molecular complexity index is 1290. The van der Waals surface area contributed by atoms with Gasteiger partial charge in [-0.2, -0.15) is 0 Å². The first-order chi connectivity index (χ1) is 17.9. The van der Waals surface area contributed by atoms with E-state index in [0.29, 0.717) is 17.5 Å². The Hall–Kier alpha value is -3.60. The second-order valence-corrected chi connectivity index (χ2v) is 10.00. The molecule has 37 heavy (non-hydrogen) atoms. The number of hydrogen-bond donors (Lipinski definition) is 2. The van der Waals surface area contributed by atoms with Crippen LogP contribution in [0, 0.1) is 17.7 Å². The van der Waals surface area contributed by atoms with E-state index in [0.717, 1.165) is 30.8 Å². The molecular weight excluding hydrogens is 469 g/mol. The number of rotatable bonds is 4. The molecule has 2 aliphatic rings. The van der Waals surface area contributed by atoms with Crippen LogP contribution in [0.3, 0.4) is 0 Å². The molecule has 2 aromatic carbocycles. The second-order valence-electron chi connectivity index (χ2n) is 10.00. The number of ether oxygens (including phenoxy) is 1. The lowest BCUT2D eigenvalue weighted by atomic mass is 10.0. The summed E-state index contributed by atoms with van der Waals surface area (Å²) in [7, 11) is 0. The van der Waals surface area contributed by atoms with Gasteiger partial charge < -0.3 is 24.6 Å². The predicted octanol–water partition coefficient (Wildman–Crippen LogP) is 4.14. The molecular formula is C30H32FN3O3. The van der Waals surface area contributed by atoms with Crippen LogP contribution in [-0.4, -0.2) is 53.0 Å². The van der Waals surface area contributed by atoms with Crippen molar-refractivity contribution in [1.82, 2.24) is 9.88 Å². The molecule has 5 atom stereocenters. The van der Waals surface area contributed by atoms with E-state index in [1.807, 2.05) is 55.1 Å². The number of halogens is 1. The fraction of sp³-hybridized carbons (Fsp3) is 0.367. The standard InChI is InChI=1S/C30H32FN3O3/c1-20-18-34(19-21(2)37-20)27-13-9-24(17-23(27)8-5-22-6-10-25(31)11-7-22)30(36)32-26-12-14-28(29(26)35)33-15-3-4-16-33/h3-4,6-7,9-11,13,15-17,20-21,26,28-29,35H,12,14,18-19H2,1-2H3,(H,32,36)/t20-,21+,26-,28-,29-/m1/s1. The molecule has 2 heterocycles. The second kappa shape index (κ2) is 10.8. The van der Waals surface area contributed by atoms with Crippen molar-refractivity contribution in [2.45, 2.75) is 57.1 Å². The molecule has 2 N–H and O–H groups in total. The molecule has 1 saturated heterocycles. The summed E-state index contributed by atoms with van der Waals surface area (Å²) >= 11 is 0. The fourth-order valence-corrected chi connectivity index (χ4v) is 5.36. The Morgan fingerprint density at radius 3 is 2.43 bits per heavy atom. The molecule has 5 rings (SSSR count). The number of aromatic nitrogens is 1. The van der Waals surface area contributed by atoms with Crippen LogP contribution in [0.4, 0.5) is 10.1 Å². The number of anilines is 1. The van der Waals surface area contributed by atoms with E-state index in [2.05, 4.69) is 22.1 Å². The summed E-state index contributed by atoms with van der Waals surface area (Å²) in [5.74, 6) is 5.77. The number of amides is 1. The van der Waals surface area contributed by atoms with E-state index >= 15 is 0 Å². The Morgan fingerprint density at radius 1 is 1.03 bits per heavy atom. The van der Waals surface area contributed by atoms with Crippen molar-refractivity contribution < 1.29 is 19.0 Å². The Labute approximate surface area is 217 Å². The van der Waals surface area contributed by atoms with Gasteiger partial charge in [0.05, 0.1) is 36.1 Å². The van der Waals surface area contributed by atoms with Crippen molar-refractivity contribution in [2.24, 2.45) is 0 Å². The Balaban J connectivity index is 1.40. The van der Waals surface area contributed by atoms with Crippen LogP contribution >= 0.6 is 0 Å². The lowest BCUT2D eigenvalue weighted by Gasteiger charge is -2.37. The van der Waals surface area contributed by atoms with Gasteiger partial charge in [0, 0.05) is 42.2 Å². The number of aliphatic hydroxyl groups is 1. The maximum atomic E-state index is 13.3. The van der Waals surface area contributed by atoms with Crippen molar-refractivity contribution in [3.63, 3.8) is 0 Å². The maximum absolute atomic E-state index is 13.3. The summed E-state index contributed by atoms with van der Waals surface area (Å²) in [6.07, 6.45) is 4.86. The summed E-state index contributed by atoms with van der Waals surface area (Å²) in [4.78, 5) is 15.5. The minimum Gasteiger partial charge on any atom is -0.389 e. The van der Waals surface area contributed by atoms with Crippen LogP contribution in [0.5, 0.6) is 0 Å². The monoisotopic (exact) mass is 501 g/mol. The summed E-state index contributed by atoms with van der Waals surface area (Å²) < 4.78 is 21.2. The van der Waals surface area contributed by atoms with Gasteiger partial charge in [-0.15, -0.1) is 0 Å². The number of hydrogen-bond acceptors (Lipinski definition) is 4. The third kappa shape index (κ3) is 5.71. The first kappa shape index (κ1) is 25.1. The first-order valence-electron chi connectivity index (χ1n) is 12.8. The van der Waals surface area contributed by atoms with Crippen molar-refractivity contribution in [2.75, 3.05) is 18.0 Å². The van der Waals surface area contributed by atoms with Gasteiger partial charge >= 0.3 is 0 Å². The van der Waals surface area contributed by atoms with Gasteiger partial charge in [0.25, 0.3) is 5.91 Å². The molecule has 1 aliphatic heterocycles. The Kier molecular flexibility index (Phi) is 7.31. The molecule has 1 aromatic heterocycles. The molecule has 192 valence electrons. The van der Waals surface area contributed by atoms with Gasteiger partial charge in [0.1, 0.15) is 5.82 Å². The van der Waals surface area contributed by atoms with E-state index in [-0.39, 0.29) is 36.0 Å². The minimum atomic E-state index is -0.662. The number of nitrogens with one attached hydrogen (secondary N) is 1. The SMILES string of the molecule is C[C@@H]1CN(c2ccc(C(=O)N[C@@H]3CC[C@@H](n4cccc4)[C@@H]3O)cc2C#Cc2ccc(F)cc2)C[C@H](C)O1. The highest BCUT2D eigenvalue weighted by molar-refractivity contribution is 5.95. The fourth-order valence-electron chi connectivity index (χ4n) is 5.36. The topological polar surface area (TPSA) is 66.7 Å². The molecule has 0 radical (unpaired) electrons. The zero-order valence-corrected chi connectivity index (χ0v) is 21.1. The van der Waals surface area contributed by atoms with Gasteiger partial charge in [-0.1, -0.05) is 11.8 Å².